The first kappa shape index (κ1) is 16.7. The maximum atomic E-state index is 11.1. The molecule has 0 unspecified atom stereocenters. The summed E-state index contributed by atoms with van der Waals surface area (Å²) < 4.78 is 6.31. The summed E-state index contributed by atoms with van der Waals surface area (Å²) >= 11 is 0.482. The number of ether oxygens (including phenoxy) is 1. The Morgan fingerprint density at radius 3 is 1.93 bits per heavy atom. The zero-order chi connectivity index (χ0) is 11.6. The SMILES string of the molecule is CCOC(=O)C(C)(C)CC.CC[Te]C. The number of esters is 1. The van der Waals surface area contributed by atoms with Crippen molar-refractivity contribution in [3.8, 4) is 0 Å². The van der Waals surface area contributed by atoms with E-state index < -0.39 is 0 Å². The molecule has 0 atom stereocenters. The van der Waals surface area contributed by atoms with Gasteiger partial charge in [0.2, 0.25) is 0 Å². The molecule has 0 heterocycles. The average molecular weight is 316 g/mol. The van der Waals surface area contributed by atoms with Gasteiger partial charge in [-0.1, -0.05) is 6.92 Å². The Hall–Kier alpha value is 0.260. The van der Waals surface area contributed by atoms with Crippen molar-refractivity contribution < 1.29 is 9.53 Å². The molecule has 0 saturated heterocycles. The summed E-state index contributed by atoms with van der Waals surface area (Å²) in [6.07, 6.45) is 0.825. The van der Waals surface area contributed by atoms with Gasteiger partial charge in [0, 0.05) is 0 Å². The van der Waals surface area contributed by atoms with Gasteiger partial charge in [-0.2, -0.15) is 0 Å². The van der Waals surface area contributed by atoms with Gasteiger partial charge < -0.3 is 4.74 Å². The van der Waals surface area contributed by atoms with Crippen LogP contribution in [0.5, 0.6) is 0 Å². The molecule has 0 bridgehead atoms. The normalized spacial score (nSPS) is 10.1. The third kappa shape index (κ3) is 8.84. The molecule has 0 saturated carbocycles. The molecule has 0 aliphatic rings. The summed E-state index contributed by atoms with van der Waals surface area (Å²) in [6, 6.07) is 0. The van der Waals surface area contributed by atoms with Gasteiger partial charge in [0.15, 0.2) is 0 Å². The van der Waals surface area contributed by atoms with Crippen LogP contribution in [0.2, 0.25) is 9.44 Å². The third-order valence-corrected chi connectivity index (χ3v) is 3.65. The van der Waals surface area contributed by atoms with E-state index in [0.29, 0.717) is 27.5 Å². The molecule has 0 aliphatic heterocycles. The fourth-order valence-electron chi connectivity index (χ4n) is 0.471. The molecule has 0 aromatic heterocycles. The standard InChI is InChI=1S/C8H16O2.C3H8Te/c1-5-8(3,4)7(9)10-6-2;1-3-4-2/h5-6H2,1-4H3;3H2,1-2H3. The van der Waals surface area contributed by atoms with Gasteiger partial charge >= 0.3 is 43.3 Å². The van der Waals surface area contributed by atoms with Crippen molar-refractivity contribution in [1.29, 1.82) is 0 Å². The van der Waals surface area contributed by atoms with Crippen LogP contribution in [0.25, 0.3) is 0 Å². The molecule has 0 radical (unpaired) electrons. The number of carbonyl (C=O) groups excluding carboxylic acids is 1. The van der Waals surface area contributed by atoms with Crippen molar-refractivity contribution in [3.05, 3.63) is 0 Å². The Kier molecular flexibility index (Phi) is 11.7. The molecule has 0 fully saturated rings. The van der Waals surface area contributed by atoms with Crippen molar-refractivity contribution in [1.82, 2.24) is 0 Å². The third-order valence-electron chi connectivity index (χ3n) is 2.00. The van der Waals surface area contributed by atoms with Crippen molar-refractivity contribution in [2.75, 3.05) is 6.61 Å². The van der Waals surface area contributed by atoms with Crippen LogP contribution in [0.1, 0.15) is 41.0 Å². The Morgan fingerprint density at radius 1 is 1.29 bits per heavy atom. The molecule has 3 heteroatoms. The summed E-state index contributed by atoms with van der Waals surface area (Å²) in [5.74, 6) is -0.0995. The van der Waals surface area contributed by atoms with Crippen LogP contribution >= 0.6 is 0 Å². The van der Waals surface area contributed by atoms with Crippen LogP contribution < -0.4 is 0 Å². The fraction of sp³-hybridized carbons (Fsp3) is 0.909. The summed E-state index contributed by atoms with van der Waals surface area (Å²) in [5.41, 5.74) is -0.310. The average Bonchev–Trinajstić information content (AvgIpc) is 2.18. The first-order chi connectivity index (χ1) is 6.46. The van der Waals surface area contributed by atoms with Crippen LogP contribution in [0.3, 0.4) is 0 Å². The van der Waals surface area contributed by atoms with E-state index in [-0.39, 0.29) is 11.4 Å². The first-order valence-electron chi connectivity index (χ1n) is 5.12. The molecule has 0 aromatic carbocycles. The Morgan fingerprint density at radius 2 is 1.71 bits per heavy atom. The zero-order valence-corrected chi connectivity index (χ0v) is 12.7. The summed E-state index contributed by atoms with van der Waals surface area (Å²) in [7, 11) is 0. The molecule has 0 spiro atoms. The van der Waals surface area contributed by atoms with Gasteiger partial charge in [-0.3, -0.25) is 4.79 Å². The Balaban J connectivity index is 0. The van der Waals surface area contributed by atoms with Crippen LogP contribution in [0, 0.1) is 5.41 Å². The molecule has 0 aromatic rings. The second-order valence-corrected chi connectivity index (χ2v) is 6.83. The van der Waals surface area contributed by atoms with Crippen molar-refractivity contribution in [3.63, 3.8) is 0 Å². The molecular weight excluding hydrogens is 292 g/mol. The number of carbonyl (C=O) groups is 1. The summed E-state index contributed by atoms with van der Waals surface area (Å²) in [5, 5.41) is 0. The monoisotopic (exact) mass is 318 g/mol. The molecule has 14 heavy (non-hydrogen) atoms. The van der Waals surface area contributed by atoms with Gasteiger partial charge in [-0.15, -0.1) is 0 Å². The fourth-order valence-corrected chi connectivity index (χ4v) is 0.471. The van der Waals surface area contributed by atoms with Gasteiger partial charge in [-0.25, -0.2) is 0 Å². The molecule has 0 N–H and O–H groups in total. The van der Waals surface area contributed by atoms with Crippen LogP contribution in [0.15, 0.2) is 0 Å². The van der Waals surface area contributed by atoms with Crippen LogP contribution in [-0.2, 0) is 9.53 Å². The van der Waals surface area contributed by atoms with E-state index in [0.717, 1.165) is 6.42 Å². The van der Waals surface area contributed by atoms with E-state index >= 15 is 0 Å². The van der Waals surface area contributed by atoms with Crippen molar-refractivity contribution in [2.45, 2.75) is 50.5 Å². The Labute approximate surface area is 98.9 Å². The predicted octanol–water partition coefficient (Wildman–Crippen LogP) is 3.16. The Bertz CT molecular complexity index is 142. The van der Waals surface area contributed by atoms with Gasteiger partial charge in [0.05, 0.1) is 12.0 Å². The molecule has 0 rings (SSSR count). The number of hydrogen-bond acceptors (Lipinski definition) is 2. The molecule has 0 aliphatic carbocycles. The number of hydrogen-bond donors (Lipinski definition) is 0. The van der Waals surface area contributed by atoms with Crippen molar-refractivity contribution in [2.24, 2.45) is 5.41 Å². The zero-order valence-electron chi connectivity index (χ0n) is 10.3. The van der Waals surface area contributed by atoms with E-state index in [2.05, 4.69) is 11.9 Å². The van der Waals surface area contributed by atoms with E-state index in [1.165, 1.54) is 4.47 Å². The van der Waals surface area contributed by atoms with Gasteiger partial charge in [-0.05, 0) is 27.2 Å². The molecule has 86 valence electrons. The summed E-state index contributed by atoms with van der Waals surface area (Å²) in [6.45, 7) is 10.3. The topological polar surface area (TPSA) is 26.3 Å². The van der Waals surface area contributed by atoms with E-state index in [1.807, 2.05) is 27.7 Å². The maximum absolute atomic E-state index is 11.1. The van der Waals surface area contributed by atoms with Crippen molar-refractivity contribution >= 4 is 26.9 Å². The summed E-state index contributed by atoms with van der Waals surface area (Å²) in [4.78, 5) is 13.4. The van der Waals surface area contributed by atoms with E-state index in [9.17, 15) is 4.79 Å². The second-order valence-electron chi connectivity index (χ2n) is 3.54. The van der Waals surface area contributed by atoms with Gasteiger partial charge in [0.25, 0.3) is 0 Å². The van der Waals surface area contributed by atoms with Crippen LogP contribution in [0.4, 0.5) is 0 Å². The molecule has 0 amide bonds. The minimum absolute atomic E-state index is 0.0995. The van der Waals surface area contributed by atoms with Crippen LogP contribution in [-0.4, -0.2) is 33.5 Å². The number of rotatable bonds is 4. The van der Waals surface area contributed by atoms with E-state index in [4.69, 9.17) is 4.74 Å². The first-order valence-corrected chi connectivity index (χ1v) is 9.10. The van der Waals surface area contributed by atoms with E-state index in [1.54, 1.807) is 0 Å². The quantitative estimate of drug-likeness (QED) is 0.588. The molecule has 2 nitrogen and oxygen atoms in total. The second kappa shape index (κ2) is 9.80. The van der Waals surface area contributed by atoms with Gasteiger partial charge in [0.1, 0.15) is 0 Å². The predicted molar refractivity (Wildman–Crippen MR) is 62.8 cm³/mol. The minimum atomic E-state index is -0.310. The molecular formula is C11H24O2Te.